The Kier molecular flexibility index (Phi) is 1.42. The SMILES string of the molecule is C#Cc1oc(C)c(C)c1N. The molecule has 1 aromatic heterocycles. The molecule has 0 aromatic carbocycles. The van der Waals surface area contributed by atoms with E-state index in [1.165, 1.54) is 0 Å². The van der Waals surface area contributed by atoms with Gasteiger partial charge in [-0.25, -0.2) is 0 Å². The fraction of sp³-hybridized carbons (Fsp3) is 0.250. The highest BCUT2D eigenvalue weighted by atomic mass is 16.3. The zero-order valence-corrected chi connectivity index (χ0v) is 6.06. The minimum atomic E-state index is 0.440. The van der Waals surface area contributed by atoms with Crippen LogP contribution in [0.5, 0.6) is 0 Å². The number of nitrogen functional groups attached to an aromatic ring is 1. The first-order valence-corrected chi connectivity index (χ1v) is 2.99. The van der Waals surface area contributed by atoms with Gasteiger partial charge >= 0.3 is 0 Å². The summed E-state index contributed by atoms with van der Waals surface area (Å²) < 4.78 is 5.13. The maximum absolute atomic E-state index is 5.58. The first kappa shape index (κ1) is 6.76. The van der Waals surface area contributed by atoms with Crippen LogP contribution >= 0.6 is 0 Å². The average molecular weight is 135 g/mol. The summed E-state index contributed by atoms with van der Waals surface area (Å²) in [5, 5.41) is 0. The number of hydrogen-bond donors (Lipinski definition) is 1. The molecule has 1 heterocycles. The number of rotatable bonds is 0. The van der Waals surface area contributed by atoms with E-state index in [4.69, 9.17) is 16.6 Å². The molecule has 0 bridgehead atoms. The molecule has 0 atom stereocenters. The fourth-order valence-electron chi connectivity index (χ4n) is 0.752. The molecule has 2 nitrogen and oxygen atoms in total. The first-order valence-electron chi connectivity index (χ1n) is 2.99. The van der Waals surface area contributed by atoms with E-state index in [9.17, 15) is 0 Å². The molecule has 0 saturated carbocycles. The fourth-order valence-corrected chi connectivity index (χ4v) is 0.752. The highest BCUT2D eigenvalue weighted by Gasteiger charge is 2.07. The summed E-state index contributed by atoms with van der Waals surface area (Å²) in [6.07, 6.45) is 5.11. The highest BCUT2D eigenvalue weighted by molar-refractivity contribution is 5.57. The van der Waals surface area contributed by atoms with Gasteiger partial charge in [-0.05, 0) is 19.8 Å². The number of anilines is 1. The van der Waals surface area contributed by atoms with Gasteiger partial charge in [0.15, 0.2) is 5.76 Å². The van der Waals surface area contributed by atoms with Crippen LogP contribution in [0.1, 0.15) is 17.1 Å². The van der Waals surface area contributed by atoms with Crippen molar-refractivity contribution in [3.63, 3.8) is 0 Å². The van der Waals surface area contributed by atoms with Crippen molar-refractivity contribution in [3.8, 4) is 12.3 Å². The van der Waals surface area contributed by atoms with Crippen molar-refractivity contribution < 1.29 is 4.42 Å². The Balaban J connectivity index is 3.34. The molecule has 0 aliphatic heterocycles. The Labute approximate surface area is 60.0 Å². The molecule has 2 N–H and O–H groups in total. The zero-order chi connectivity index (χ0) is 7.72. The summed E-state index contributed by atoms with van der Waals surface area (Å²) in [7, 11) is 0. The van der Waals surface area contributed by atoms with Gasteiger partial charge in [0, 0.05) is 5.56 Å². The summed E-state index contributed by atoms with van der Waals surface area (Å²) in [6, 6.07) is 0. The van der Waals surface area contributed by atoms with Crippen molar-refractivity contribution in [1.29, 1.82) is 0 Å². The molecule has 0 aliphatic rings. The first-order chi connectivity index (χ1) is 4.66. The van der Waals surface area contributed by atoms with Gasteiger partial charge in [0.1, 0.15) is 5.76 Å². The Morgan fingerprint density at radius 1 is 1.50 bits per heavy atom. The summed E-state index contributed by atoms with van der Waals surface area (Å²) >= 11 is 0. The van der Waals surface area contributed by atoms with Crippen LogP contribution in [-0.2, 0) is 0 Å². The summed E-state index contributed by atoms with van der Waals surface area (Å²) in [5.74, 6) is 3.60. The third kappa shape index (κ3) is 0.763. The van der Waals surface area contributed by atoms with Gasteiger partial charge in [-0.15, -0.1) is 6.42 Å². The summed E-state index contributed by atoms with van der Waals surface area (Å²) in [5.41, 5.74) is 7.10. The molecular formula is C8H9NO. The van der Waals surface area contributed by atoms with Crippen LogP contribution in [0, 0.1) is 26.2 Å². The quantitative estimate of drug-likeness (QED) is 0.547. The molecule has 0 unspecified atom stereocenters. The van der Waals surface area contributed by atoms with Crippen LogP contribution < -0.4 is 5.73 Å². The number of nitrogens with two attached hydrogens (primary N) is 1. The largest absolute Gasteiger partial charge is 0.451 e. The molecule has 2 heteroatoms. The second-order valence-corrected chi connectivity index (χ2v) is 2.17. The smallest absolute Gasteiger partial charge is 0.199 e. The van der Waals surface area contributed by atoms with Gasteiger partial charge < -0.3 is 10.2 Å². The minimum absolute atomic E-state index is 0.440. The van der Waals surface area contributed by atoms with Crippen LogP contribution in [0.4, 0.5) is 5.69 Å². The standard InChI is InChI=1S/C8H9NO/c1-4-7-8(9)5(2)6(3)10-7/h1H,9H2,2-3H3. The van der Waals surface area contributed by atoms with Crippen molar-refractivity contribution in [1.82, 2.24) is 0 Å². The Hall–Kier alpha value is -1.36. The number of hydrogen-bond acceptors (Lipinski definition) is 2. The number of furan rings is 1. The van der Waals surface area contributed by atoms with Crippen molar-refractivity contribution >= 4 is 5.69 Å². The van der Waals surface area contributed by atoms with Crippen molar-refractivity contribution in [3.05, 3.63) is 17.1 Å². The van der Waals surface area contributed by atoms with E-state index in [0.29, 0.717) is 11.4 Å². The zero-order valence-electron chi connectivity index (χ0n) is 6.06. The maximum Gasteiger partial charge on any atom is 0.199 e. The van der Waals surface area contributed by atoms with E-state index in [0.717, 1.165) is 11.3 Å². The van der Waals surface area contributed by atoms with Crippen molar-refractivity contribution in [2.45, 2.75) is 13.8 Å². The molecule has 52 valence electrons. The second-order valence-electron chi connectivity index (χ2n) is 2.17. The van der Waals surface area contributed by atoms with Crippen LogP contribution in [0.2, 0.25) is 0 Å². The molecule has 1 aromatic rings. The Morgan fingerprint density at radius 3 is 2.30 bits per heavy atom. The average Bonchev–Trinajstić information content (AvgIpc) is 2.17. The molecule has 0 aliphatic carbocycles. The van der Waals surface area contributed by atoms with Gasteiger partial charge in [0.2, 0.25) is 0 Å². The molecule has 10 heavy (non-hydrogen) atoms. The number of terminal acetylenes is 1. The van der Waals surface area contributed by atoms with Gasteiger partial charge in [0.05, 0.1) is 5.69 Å². The predicted octanol–water partition coefficient (Wildman–Crippen LogP) is 1.46. The lowest BCUT2D eigenvalue weighted by Crippen LogP contribution is -1.86. The van der Waals surface area contributed by atoms with Crippen LogP contribution in [0.25, 0.3) is 0 Å². The molecule has 1 rings (SSSR count). The van der Waals surface area contributed by atoms with Crippen molar-refractivity contribution in [2.24, 2.45) is 0 Å². The third-order valence-corrected chi connectivity index (χ3v) is 1.56. The summed E-state index contributed by atoms with van der Waals surface area (Å²) in [4.78, 5) is 0. The predicted molar refractivity (Wildman–Crippen MR) is 40.5 cm³/mol. The normalized spacial score (nSPS) is 9.30. The second kappa shape index (κ2) is 2.11. The van der Waals surface area contributed by atoms with Crippen molar-refractivity contribution in [2.75, 3.05) is 5.73 Å². The van der Waals surface area contributed by atoms with E-state index < -0.39 is 0 Å². The lowest BCUT2D eigenvalue weighted by atomic mass is 10.2. The Morgan fingerprint density at radius 2 is 2.10 bits per heavy atom. The van der Waals surface area contributed by atoms with Gasteiger partial charge in [-0.2, -0.15) is 0 Å². The van der Waals surface area contributed by atoms with E-state index in [1.54, 1.807) is 0 Å². The molecule has 0 radical (unpaired) electrons. The molecule has 0 fully saturated rings. The van der Waals surface area contributed by atoms with E-state index in [2.05, 4.69) is 5.92 Å². The lowest BCUT2D eigenvalue weighted by molar-refractivity contribution is 0.521. The molecule has 0 amide bonds. The molecule has 0 saturated heterocycles. The highest BCUT2D eigenvalue weighted by Crippen LogP contribution is 2.22. The lowest BCUT2D eigenvalue weighted by Gasteiger charge is -1.85. The molecule has 0 spiro atoms. The van der Waals surface area contributed by atoms with E-state index in [1.807, 2.05) is 13.8 Å². The topological polar surface area (TPSA) is 39.2 Å². The van der Waals surface area contributed by atoms with E-state index >= 15 is 0 Å². The maximum atomic E-state index is 5.58. The molecular weight excluding hydrogens is 126 g/mol. The van der Waals surface area contributed by atoms with Gasteiger partial charge in [-0.3, -0.25) is 0 Å². The van der Waals surface area contributed by atoms with Crippen LogP contribution in [-0.4, -0.2) is 0 Å². The van der Waals surface area contributed by atoms with Crippen LogP contribution in [0.15, 0.2) is 4.42 Å². The number of aryl methyl sites for hydroxylation is 1. The summed E-state index contributed by atoms with van der Waals surface area (Å²) in [6.45, 7) is 3.72. The minimum Gasteiger partial charge on any atom is -0.451 e. The monoisotopic (exact) mass is 135 g/mol. The van der Waals surface area contributed by atoms with Gasteiger partial charge in [-0.1, -0.05) is 0 Å². The third-order valence-electron chi connectivity index (χ3n) is 1.56. The van der Waals surface area contributed by atoms with E-state index in [-0.39, 0.29) is 0 Å². The van der Waals surface area contributed by atoms with Gasteiger partial charge in [0.25, 0.3) is 0 Å². The van der Waals surface area contributed by atoms with Crippen LogP contribution in [0.3, 0.4) is 0 Å². The Bertz CT molecular complexity index is 291.